The zero-order valence-electron chi connectivity index (χ0n) is 10.6. The Morgan fingerprint density at radius 1 is 1.35 bits per heavy atom. The van der Waals surface area contributed by atoms with Crippen LogP contribution in [0.15, 0.2) is 22.8 Å². The summed E-state index contributed by atoms with van der Waals surface area (Å²) in [5.41, 5.74) is 1.12. The monoisotopic (exact) mass is 296 g/mol. The quantitative estimate of drug-likeness (QED) is 0.919. The van der Waals surface area contributed by atoms with Gasteiger partial charge >= 0.3 is 0 Å². The number of aromatic nitrogens is 1. The highest BCUT2D eigenvalue weighted by Gasteiger charge is 2.24. The Hall–Kier alpha value is -0.410. The predicted octanol–water partition coefficient (Wildman–Crippen LogP) is 3.76. The van der Waals surface area contributed by atoms with Crippen molar-refractivity contribution in [3.8, 4) is 0 Å². The Kier molecular flexibility index (Phi) is 4.57. The van der Waals surface area contributed by atoms with Gasteiger partial charge in [0.1, 0.15) is 0 Å². The van der Waals surface area contributed by atoms with Crippen LogP contribution in [0.3, 0.4) is 0 Å². The van der Waals surface area contributed by atoms with Crippen LogP contribution in [-0.2, 0) is 6.54 Å². The Balaban J connectivity index is 1.83. The molecule has 0 radical (unpaired) electrons. The van der Waals surface area contributed by atoms with E-state index in [1.807, 2.05) is 6.20 Å². The minimum absolute atomic E-state index is 0.664. The third kappa shape index (κ3) is 3.78. The summed E-state index contributed by atoms with van der Waals surface area (Å²) >= 11 is 3.41. The van der Waals surface area contributed by atoms with Gasteiger partial charge in [0.25, 0.3) is 0 Å². The van der Waals surface area contributed by atoms with Gasteiger partial charge in [0.05, 0.1) is 5.69 Å². The first-order valence-corrected chi connectivity index (χ1v) is 7.28. The van der Waals surface area contributed by atoms with E-state index in [1.54, 1.807) is 0 Å². The molecule has 1 aliphatic carbocycles. The first-order valence-electron chi connectivity index (χ1n) is 6.49. The molecule has 1 heterocycles. The Morgan fingerprint density at radius 2 is 2.18 bits per heavy atom. The zero-order valence-corrected chi connectivity index (χ0v) is 12.2. The van der Waals surface area contributed by atoms with Crippen LogP contribution in [0.5, 0.6) is 0 Å². The minimum atomic E-state index is 0.664. The van der Waals surface area contributed by atoms with Crippen LogP contribution >= 0.6 is 15.9 Å². The highest BCUT2D eigenvalue weighted by molar-refractivity contribution is 9.10. The van der Waals surface area contributed by atoms with Crippen LogP contribution in [0, 0.1) is 11.8 Å². The van der Waals surface area contributed by atoms with E-state index < -0.39 is 0 Å². The van der Waals surface area contributed by atoms with Gasteiger partial charge in [-0.25, -0.2) is 0 Å². The Morgan fingerprint density at radius 3 is 2.82 bits per heavy atom. The van der Waals surface area contributed by atoms with Crippen molar-refractivity contribution in [2.45, 2.75) is 45.7 Å². The Bertz CT molecular complexity index is 350. The third-order valence-electron chi connectivity index (χ3n) is 3.77. The van der Waals surface area contributed by atoms with Gasteiger partial charge < -0.3 is 5.32 Å². The molecular weight excluding hydrogens is 276 g/mol. The standard InChI is InChI=1S/C14H21BrN2/c1-10-3-6-14(11(2)7-10)17-9-13-5-4-12(15)8-16-13/h4-5,8,10-11,14,17H,3,6-7,9H2,1-2H3. The van der Waals surface area contributed by atoms with Crippen molar-refractivity contribution in [3.63, 3.8) is 0 Å². The molecule has 0 spiro atoms. The number of hydrogen-bond donors (Lipinski definition) is 1. The molecule has 0 amide bonds. The van der Waals surface area contributed by atoms with Crippen LogP contribution in [-0.4, -0.2) is 11.0 Å². The average Bonchev–Trinajstić information content (AvgIpc) is 2.30. The predicted molar refractivity (Wildman–Crippen MR) is 74.7 cm³/mol. The highest BCUT2D eigenvalue weighted by Crippen LogP contribution is 2.28. The van der Waals surface area contributed by atoms with Crippen LogP contribution in [0.4, 0.5) is 0 Å². The average molecular weight is 297 g/mol. The molecule has 94 valence electrons. The lowest BCUT2D eigenvalue weighted by atomic mass is 9.80. The van der Waals surface area contributed by atoms with Crippen LogP contribution < -0.4 is 5.32 Å². The molecule has 1 saturated carbocycles. The number of nitrogens with one attached hydrogen (secondary N) is 1. The lowest BCUT2D eigenvalue weighted by Crippen LogP contribution is -2.38. The van der Waals surface area contributed by atoms with E-state index in [9.17, 15) is 0 Å². The Labute approximate surface area is 112 Å². The second-order valence-corrected chi connectivity index (χ2v) is 6.27. The molecule has 3 unspecified atom stereocenters. The fourth-order valence-electron chi connectivity index (χ4n) is 2.72. The second-order valence-electron chi connectivity index (χ2n) is 5.35. The first kappa shape index (κ1) is 13.0. The van der Waals surface area contributed by atoms with E-state index in [4.69, 9.17) is 0 Å². The summed E-state index contributed by atoms with van der Waals surface area (Å²) < 4.78 is 1.04. The largest absolute Gasteiger partial charge is 0.308 e. The molecule has 1 N–H and O–H groups in total. The summed E-state index contributed by atoms with van der Waals surface area (Å²) in [6, 6.07) is 4.79. The highest BCUT2D eigenvalue weighted by atomic mass is 79.9. The maximum atomic E-state index is 4.39. The molecule has 3 heteroatoms. The SMILES string of the molecule is CC1CCC(NCc2ccc(Br)cn2)C(C)C1. The lowest BCUT2D eigenvalue weighted by Gasteiger charge is -2.33. The van der Waals surface area contributed by atoms with Gasteiger partial charge in [-0.15, -0.1) is 0 Å². The summed E-state index contributed by atoms with van der Waals surface area (Å²) in [6.07, 6.45) is 5.88. The van der Waals surface area contributed by atoms with Crippen LogP contribution in [0.2, 0.25) is 0 Å². The summed E-state index contributed by atoms with van der Waals surface area (Å²) in [4.78, 5) is 4.39. The van der Waals surface area contributed by atoms with Gasteiger partial charge in [-0.3, -0.25) is 4.98 Å². The van der Waals surface area contributed by atoms with Gasteiger partial charge in [0.15, 0.2) is 0 Å². The number of pyridine rings is 1. The molecule has 0 aliphatic heterocycles. The lowest BCUT2D eigenvalue weighted by molar-refractivity contribution is 0.226. The first-order chi connectivity index (χ1) is 8.15. The van der Waals surface area contributed by atoms with Crippen molar-refractivity contribution < 1.29 is 0 Å². The van der Waals surface area contributed by atoms with Gasteiger partial charge in [-0.2, -0.15) is 0 Å². The van der Waals surface area contributed by atoms with Crippen molar-refractivity contribution >= 4 is 15.9 Å². The van der Waals surface area contributed by atoms with E-state index in [2.05, 4.69) is 52.2 Å². The normalized spacial score (nSPS) is 29.2. The molecule has 1 aromatic heterocycles. The van der Waals surface area contributed by atoms with Gasteiger partial charge in [0.2, 0.25) is 0 Å². The summed E-state index contributed by atoms with van der Waals surface area (Å²) in [6.45, 7) is 5.61. The summed E-state index contributed by atoms with van der Waals surface area (Å²) in [7, 11) is 0. The maximum Gasteiger partial charge on any atom is 0.0542 e. The van der Waals surface area contributed by atoms with E-state index in [-0.39, 0.29) is 0 Å². The van der Waals surface area contributed by atoms with Crippen molar-refractivity contribution in [2.75, 3.05) is 0 Å². The topological polar surface area (TPSA) is 24.9 Å². The molecule has 0 saturated heterocycles. The summed E-state index contributed by atoms with van der Waals surface area (Å²) in [5.74, 6) is 1.68. The molecule has 1 aromatic rings. The molecule has 17 heavy (non-hydrogen) atoms. The zero-order chi connectivity index (χ0) is 12.3. The molecule has 1 aliphatic rings. The fraction of sp³-hybridized carbons (Fsp3) is 0.643. The van der Waals surface area contributed by atoms with Gasteiger partial charge in [-0.05, 0) is 59.2 Å². The number of rotatable bonds is 3. The van der Waals surface area contributed by atoms with Crippen LogP contribution in [0.1, 0.15) is 38.8 Å². The van der Waals surface area contributed by atoms with Gasteiger partial charge in [-0.1, -0.05) is 13.8 Å². The minimum Gasteiger partial charge on any atom is -0.308 e. The van der Waals surface area contributed by atoms with Gasteiger partial charge in [0, 0.05) is 23.3 Å². The maximum absolute atomic E-state index is 4.39. The molecule has 3 atom stereocenters. The molecular formula is C14H21BrN2. The summed E-state index contributed by atoms with van der Waals surface area (Å²) in [5, 5.41) is 3.65. The number of halogens is 1. The third-order valence-corrected chi connectivity index (χ3v) is 4.23. The van der Waals surface area contributed by atoms with Crippen molar-refractivity contribution in [1.29, 1.82) is 0 Å². The fourth-order valence-corrected chi connectivity index (χ4v) is 2.95. The van der Waals surface area contributed by atoms with E-state index in [0.29, 0.717) is 6.04 Å². The van der Waals surface area contributed by atoms with Crippen molar-refractivity contribution in [2.24, 2.45) is 11.8 Å². The van der Waals surface area contributed by atoms with E-state index >= 15 is 0 Å². The molecule has 2 rings (SSSR count). The number of hydrogen-bond acceptors (Lipinski definition) is 2. The van der Waals surface area contributed by atoms with Crippen molar-refractivity contribution in [1.82, 2.24) is 10.3 Å². The number of nitrogens with zero attached hydrogens (tertiary/aromatic N) is 1. The van der Waals surface area contributed by atoms with Crippen LogP contribution in [0.25, 0.3) is 0 Å². The molecule has 1 fully saturated rings. The molecule has 0 bridgehead atoms. The van der Waals surface area contributed by atoms with E-state index in [0.717, 1.165) is 28.5 Å². The smallest absolute Gasteiger partial charge is 0.0542 e. The van der Waals surface area contributed by atoms with Crippen molar-refractivity contribution in [3.05, 3.63) is 28.5 Å². The second kappa shape index (κ2) is 5.96. The van der Waals surface area contributed by atoms with E-state index in [1.165, 1.54) is 19.3 Å². The molecule has 0 aromatic carbocycles. The molecule has 2 nitrogen and oxygen atoms in total.